The maximum atomic E-state index is 12.1. The minimum Gasteiger partial charge on any atom is -0.380 e. The van der Waals surface area contributed by atoms with E-state index in [1.165, 1.54) is 16.6 Å². The third kappa shape index (κ3) is 2.11. The van der Waals surface area contributed by atoms with Crippen molar-refractivity contribution in [3.05, 3.63) is 12.3 Å². The summed E-state index contributed by atoms with van der Waals surface area (Å²) in [5, 5.41) is 6.29. The first-order valence-corrected chi connectivity index (χ1v) is 6.61. The van der Waals surface area contributed by atoms with Crippen molar-refractivity contribution in [3.63, 3.8) is 0 Å². The highest BCUT2D eigenvalue weighted by molar-refractivity contribution is 7.89. The van der Waals surface area contributed by atoms with Gasteiger partial charge in [-0.25, -0.2) is 8.42 Å². The van der Waals surface area contributed by atoms with Crippen LogP contribution < -0.4 is 0 Å². The summed E-state index contributed by atoms with van der Waals surface area (Å²) in [7, 11) is -1.82. The van der Waals surface area contributed by atoms with Crippen LogP contribution >= 0.6 is 0 Å². The number of aromatic nitrogens is 2. The van der Waals surface area contributed by atoms with Crippen LogP contribution in [0.1, 0.15) is 12.8 Å². The molecule has 16 heavy (non-hydrogen) atoms. The molecule has 2 rings (SSSR count). The number of nitrogens with zero attached hydrogens (tertiary/aromatic N) is 2. The lowest BCUT2D eigenvalue weighted by atomic mass is 10.1. The SMILES string of the molecule is COC1CCCN(S(=O)(=O)c2ccn[nH]2)C1. The second-order valence-corrected chi connectivity index (χ2v) is 5.69. The van der Waals surface area contributed by atoms with Gasteiger partial charge in [0, 0.05) is 20.2 Å². The third-order valence-corrected chi connectivity index (χ3v) is 4.56. The molecule has 1 aliphatic heterocycles. The standard InChI is InChI=1S/C9H15N3O3S/c1-15-8-3-2-6-12(7-8)16(13,14)9-4-5-10-11-9/h4-5,8H,2-3,6-7H2,1H3,(H,10,11). The van der Waals surface area contributed by atoms with E-state index in [1.54, 1.807) is 7.11 Å². The first kappa shape index (κ1) is 11.6. The lowest BCUT2D eigenvalue weighted by Crippen LogP contribution is -2.42. The second kappa shape index (κ2) is 4.52. The first-order valence-electron chi connectivity index (χ1n) is 5.17. The molecule has 1 aliphatic rings. The van der Waals surface area contributed by atoms with Gasteiger partial charge in [-0.15, -0.1) is 0 Å². The molecule has 0 spiro atoms. The van der Waals surface area contributed by atoms with Crippen molar-refractivity contribution < 1.29 is 13.2 Å². The number of hydrogen-bond donors (Lipinski definition) is 1. The fourth-order valence-corrected chi connectivity index (χ4v) is 3.25. The summed E-state index contributed by atoms with van der Waals surface area (Å²) < 4.78 is 30.9. The monoisotopic (exact) mass is 245 g/mol. The predicted molar refractivity (Wildman–Crippen MR) is 57.4 cm³/mol. The Morgan fingerprint density at radius 1 is 1.62 bits per heavy atom. The van der Waals surface area contributed by atoms with E-state index in [9.17, 15) is 8.42 Å². The number of aromatic amines is 1. The largest absolute Gasteiger partial charge is 0.380 e. The minimum absolute atomic E-state index is 0.00792. The van der Waals surface area contributed by atoms with E-state index < -0.39 is 10.0 Å². The lowest BCUT2D eigenvalue weighted by molar-refractivity contribution is 0.0571. The highest BCUT2D eigenvalue weighted by Gasteiger charge is 2.30. The number of methoxy groups -OCH3 is 1. The number of rotatable bonds is 3. The molecule has 0 amide bonds. The van der Waals surface area contributed by atoms with Gasteiger partial charge >= 0.3 is 0 Å². The van der Waals surface area contributed by atoms with Crippen LogP contribution in [0.5, 0.6) is 0 Å². The van der Waals surface area contributed by atoms with E-state index in [-0.39, 0.29) is 11.1 Å². The summed E-state index contributed by atoms with van der Waals surface area (Å²) in [4.78, 5) is 0. The zero-order chi connectivity index (χ0) is 11.6. The molecule has 1 atom stereocenters. The predicted octanol–water partition coefficient (Wildman–Crippen LogP) is 0.209. The van der Waals surface area contributed by atoms with E-state index in [2.05, 4.69) is 10.2 Å². The average Bonchev–Trinajstić information content (AvgIpc) is 2.83. The zero-order valence-corrected chi connectivity index (χ0v) is 9.90. The summed E-state index contributed by atoms with van der Waals surface area (Å²) in [6.07, 6.45) is 3.16. The lowest BCUT2D eigenvalue weighted by Gasteiger charge is -2.30. The molecule has 0 bridgehead atoms. The summed E-state index contributed by atoms with van der Waals surface area (Å²) in [5.41, 5.74) is 0. The van der Waals surface area contributed by atoms with Crippen LogP contribution in [0.25, 0.3) is 0 Å². The van der Waals surface area contributed by atoms with Gasteiger partial charge in [-0.3, -0.25) is 5.10 Å². The molecule has 2 heterocycles. The Balaban J connectivity index is 2.18. The van der Waals surface area contributed by atoms with Gasteiger partial charge in [0.1, 0.15) is 0 Å². The molecule has 1 fully saturated rings. The van der Waals surface area contributed by atoms with Crippen LogP contribution in [0.15, 0.2) is 17.3 Å². The van der Waals surface area contributed by atoms with Crippen molar-refractivity contribution in [3.8, 4) is 0 Å². The van der Waals surface area contributed by atoms with Crippen molar-refractivity contribution in [1.29, 1.82) is 0 Å². The van der Waals surface area contributed by atoms with Gasteiger partial charge in [0.2, 0.25) is 0 Å². The van der Waals surface area contributed by atoms with E-state index in [1.807, 2.05) is 0 Å². The summed E-state index contributed by atoms with van der Waals surface area (Å²) in [6, 6.07) is 1.46. The first-order chi connectivity index (χ1) is 7.64. The Bertz CT molecular complexity index is 429. The Labute approximate surface area is 94.6 Å². The van der Waals surface area contributed by atoms with Gasteiger partial charge in [0.25, 0.3) is 10.0 Å². The second-order valence-electron chi connectivity index (χ2n) is 3.78. The maximum Gasteiger partial charge on any atom is 0.260 e. The smallest absolute Gasteiger partial charge is 0.260 e. The fraction of sp³-hybridized carbons (Fsp3) is 0.667. The molecule has 0 radical (unpaired) electrons. The number of H-pyrrole nitrogens is 1. The topological polar surface area (TPSA) is 75.3 Å². The molecule has 1 aromatic heterocycles. The van der Waals surface area contributed by atoms with Gasteiger partial charge in [-0.1, -0.05) is 0 Å². The van der Waals surface area contributed by atoms with Crippen molar-refractivity contribution in [2.24, 2.45) is 0 Å². The molecule has 1 saturated heterocycles. The van der Waals surface area contributed by atoms with Crippen molar-refractivity contribution >= 4 is 10.0 Å². The van der Waals surface area contributed by atoms with Crippen LogP contribution in [-0.4, -0.2) is 49.2 Å². The zero-order valence-electron chi connectivity index (χ0n) is 9.09. The van der Waals surface area contributed by atoms with Crippen LogP contribution in [0.4, 0.5) is 0 Å². The van der Waals surface area contributed by atoms with Gasteiger partial charge in [-0.2, -0.15) is 9.40 Å². The van der Waals surface area contributed by atoms with Gasteiger partial charge in [-0.05, 0) is 18.9 Å². The van der Waals surface area contributed by atoms with Gasteiger partial charge < -0.3 is 4.74 Å². The maximum absolute atomic E-state index is 12.1. The van der Waals surface area contributed by atoms with Gasteiger partial charge in [0.05, 0.1) is 12.3 Å². The third-order valence-electron chi connectivity index (χ3n) is 2.77. The summed E-state index contributed by atoms with van der Waals surface area (Å²) in [5.74, 6) is 0. The molecule has 1 N–H and O–H groups in total. The Kier molecular flexibility index (Phi) is 3.27. The normalized spacial score (nSPS) is 23.4. The molecule has 7 heteroatoms. The van der Waals surface area contributed by atoms with E-state index in [0.29, 0.717) is 13.1 Å². The van der Waals surface area contributed by atoms with Crippen LogP contribution in [0.3, 0.4) is 0 Å². The molecule has 6 nitrogen and oxygen atoms in total. The van der Waals surface area contributed by atoms with E-state index in [0.717, 1.165) is 12.8 Å². The molecular formula is C9H15N3O3S. The molecule has 1 unspecified atom stereocenters. The molecule has 0 saturated carbocycles. The fourth-order valence-electron chi connectivity index (χ4n) is 1.84. The van der Waals surface area contributed by atoms with Crippen LogP contribution in [0, 0.1) is 0 Å². The van der Waals surface area contributed by atoms with Crippen LogP contribution in [0.2, 0.25) is 0 Å². The average molecular weight is 245 g/mol. The number of ether oxygens (including phenoxy) is 1. The quantitative estimate of drug-likeness (QED) is 0.826. The Morgan fingerprint density at radius 2 is 2.44 bits per heavy atom. The Morgan fingerprint density at radius 3 is 3.06 bits per heavy atom. The van der Waals surface area contributed by atoms with Crippen molar-refractivity contribution in [1.82, 2.24) is 14.5 Å². The molecule has 0 aromatic carbocycles. The molecule has 90 valence electrons. The number of hydrogen-bond acceptors (Lipinski definition) is 4. The van der Waals surface area contributed by atoms with Crippen LogP contribution in [-0.2, 0) is 14.8 Å². The highest BCUT2D eigenvalue weighted by Crippen LogP contribution is 2.19. The molecule has 1 aromatic rings. The van der Waals surface area contributed by atoms with Gasteiger partial charge in [0.15, 0.2) is 5.03 Å². The van der Waals surface area contributed by atoms with Crippen molar-refractivity contribution in [2.75, 3.05) is 20.2 Å². The summed E-state index contributed by atoms with van der Waals surface area (Å²) in [6.45, 7) is 0.957. The number of nitrogens with one attached hydrogen (secondary N) is 1. The van der Waals surface area contributed by atoms with E-state index >= 15 is 0 Å². The summed E-state index contributed by atoms with van der Waals surface area (Å²) >= 11 is 0. The molecular weight excluding hydrogens is 230 g/mol. The Hall–Kier alpha value is -0.920. The van der Waals surface area contributed by atoms with E-state index in [4.69, 9.17) is 4.74 Å². The molecule has 0 aliphatic carbocycles. The number of piperidine rings is 1. The number of sulfonamides is 1. The van der Waals surface area contributed by atoms with Crippen molar-refractivity contribution in [2.45, 2.75) is 24.0 Å². The minimum atomic E-state index is -3.43. The highest BCUT2D eigenvalue weighted by atomic mass is 32.2.